The summed E-state index contributed by atoms with van der Waals surface area (Å²) in [5, 5.41) is 7.55. The summed E-state index contributed by atoms with van der Waals surface area (Å²) in [6, 6.07) is 0.924. The Hall–Kier alpha value is -1.30. The first kappa shape index (κ1) is 18.7. The number of nitrogens with zero attached hydrogens (tertiary/aromatic N) is 2. The summed E-state index contributed by atoms with van der Waals surface area (Å²) in [5.41, 5.74) is 0.345. The highest BCUT2D eigenvalue weighted by molar-refractivity contribution is 5.82. The molecule has 5 fully saturated rings. The summed E-state index contributed by atoms with van der Waals surface area (Å²) in [6.45, 7) is 5.60. The van der Waals surface area contributed by atoms with Crippen molar-refractivity contribution in [2.45, 2.75) is 82.9 Å². The Morgan fingerprint density at radius 2 is 1.86 bits per heavy atom. The van der Waals surface area contributed by atoms with E-state index in [1.54, 1.807) is 0 Å². The third kappa shape index (κ3) is 3.21. The van der Waals surface area contributed by atoms with Crippen LogP contribution in [0.15, 0.2) is 4.99 Å². The van der Waals surface area contributed by atoms with Gasteiger partial charge in [-0.15, -0.1) is 0 Å². The number of rotatable bonds is 4. The quantitative estimate of drug-likeness (QED) is 0.573. The van der Waals surface area contributed by atoms with Gasteiger partial charge in [0.2, 0.25) is 5.91 Å². The Morgan fingerprint density at radius 1 is 1.11 bits per heavy atom. The molecule has 1 spiro atoms. The Morgan fingerprint density at radius 3 is 2.54 bits per heavy atom. The van der Waals surface area contributed by atoms with Crippen LogP contribution in [0.25, 0.3) is 0 Å². The van der Waals surface area contributed by atoms with Gasteiger partial charge in [0, 0.05) is 55.6 Å². The molecule has 5 aliphatic rings. The molecule has 3 atom stereocenters. The Kier molecular flexibility index (Phi) is 5.02. The fraction of sp³-hybridized carbons (Fsp3) is 0.909. The lowest BCUT2D eigenvalue weighted by molar-refractivity contribution is -0.133. The Balaban J connectivity index is 1.19. The van der Waals surface area contributed by atoms with Crippen LogP contribution in [0.5, 0.6) is 0 Å². The van der Waals surface area contributed by atoms with Gasteiger partial charge in [-0.1, -0.05) is 12.8 Å². The molecular formula is C22H36N4O2. The molecule has 5 rings (SSSR count). The minimum absolute atomic E-state index is 0.339. The number of aliphatic imine (C=N–C) groups is 1. The van der Waals surface area contributed by atoms with Crippen LogP contribution < -0.4 is 10.6 Å². The van der Waals surface area contributed by atoms with Gasteiger partial charge in [0.25, 0.3) is 0 Å². The fourth-order valence-corrected chi connectivity index (χ4v) is 6.37. The third-order valence-corrected chi connectivity index (χ3v) is 7.97. The monoisotopic (exact) mass is 388 g/mol. The van der Waals surface area contributed by atoms with Gasteiger partial charge >= 0.3 is 0 Å². The number of hydrogen-bond acceptors (Lipinski definition) is 3. The van der Waals surface area contributed by atoms with Crippen molar-refractivity contribution in [3.63, 3.8) is 0 Å². The maximum atomic E-state index is 12.3. The van der Waals surface area contributed by atoms with Gasteiger partial charge < -0.3 is 20.3 Å². The van der Waals surface area contributed by atoms with E-state index < -0.39 is 0 Å². The first-order chi connectivity index (χ1) is 13.7. The molecule has 6 heteroatoms. The minimum atomic E-state index is 0.339. The fourth-order valence-electron chi connectivity index (χ4n) is 6.37. The van der Waals surface area contributed by atoms with E-state index in [4.69, 9.17) is 9.73 Å². The summed E-state index contributed by atoms with van der Waals surface area (Å²) in [5.74, 6) is 2.37. The van der Waals surface area contributed by atoms with E-state index in [0.29, 0.717) is 41.3 Å². The van der Waals surface area contributed by atoms with Crippen LogP contribution in [0.2, 0.25) is 0 Å². The first-order valence-corrected chi connectivity index (χ1v) is 11.7. The molecule has 0 aromatic carbocycles. The molecule has 0 aromatic rings. The average molecular weight is 389 g/mol. The molecule has 2 aliphatic heterocycles. The third-order valence-electron chi connectivity index (χ3n) is 7.97. The average Bonchev–Trinajstić information content (AvgIpc) is 3.25. The van der Waals surface area contributed by atoms with Gasteiger partial charge in [0.1, 0.15) is 0 Å². The Bertz CT molecular complexity index is 618. The van der Waals surface area contributed by atoms with E-state index in [1.807, 2.05) is 0 Å². The molecule has 6 nitrogen and oxygen atoms in total. The molecule has 2 heterocycles. The number of carbonyl (C=O) groups is 1. The standard InChI is InChI=1S/C22H36N4O2/c1-2-23-21(24-16-7-12-26(13-8-16)20(27)15-5-6-15)25-18-17-9-14-28-19(17)22(18)10-3-4-11-22/h15-19H,2-14H2,1H3,(H2,23,24,25). The predicted molar refractivity (Wildman–Crippen MR) is 109 cm³/mol. The number of nitrogens with one attached hydrogen (secondary N) is 2. The molecule has 156 valence electrons. The van der Waals surface area contributed by atoms with Gasteiger partial charge in [0.15, 0.2) is 5.96 Å². The maximum Gasteiger partial charge on any atom is 0.225 e. The second kappa shape index (κ2) is 7.51. The number of piperidine rings is 1. The maximum absolute atomic E-state index is 12.3. The van der Waals surface area contributed by atoms with Crippen molar-refractivity contribution >= 4 is 11.9 Å². The second-order valence-corrected chi connectivity index (χ2v) is 9.65. The predicted octanol–water partition coefficient (Wildman–Crippen LogP) is 2.29. The molecule has 2 saturated heterocycles. The van der Waals surface area contributed by atoms with Crippen molar-refractivity contribution in [3.8, 4) is 0 Å². The lowest BCUT2D eigenvalue weighted by atomic mass is 9.54. The highest BCUT2D eigenvalue weighted by Crippen LogP contribution is 2.60. The van der Waals surface area contributed by atoms with E-state index in [2.05, 4.69) is 22.5 Å². The lowest BCUT2D eigenvalue weighted by Gasteiger charge is -2.57. The highest BCUT2D eigenvalue weighted by atomic mass is 16.5. The molecule has 3 unspecified atom stereocenters. The molecule has 3 aliphatic carbocycles. The smallest absolute Gasteiger partial charge is 0.225 e. The van der Waals surface area contributed by atoms with E-state index in [9.17, 15) is 4.79 Å². The van der Waals surface area contributed by atoms with E-state index in [-0.39, 0.29) is 0 Å². The number of amides is 1. The van der Waals surface area contributed by atoms with Gasteiger partial charge in [-0.25, -0.2) is 0 Å². The van der Waals surface area contributed by atoms with E-state index in [1.165, 1.54) is 32.1 Å². The molecule has 28 heavy (non-hydrogen) atoms. The highest BCUT2D eigenvalue weighted by Gasteiger charge is 2.65. The normalized spacial score (nSPS) is 35.0. The van der Waals surface area contributed by atoms with Gasteiger partial charge in [-0.05, 0) is 51.9 Å². The Labute approximate surface area is 168 Å². The van der Waals surface area contributed by atoms with Crippen LogP contribution in [0.4, 0.5) is 0 Å². The largest absolute Gasteiger partial charge is 0.377 e. The van der Waals surface area contributed by atoms with Gasteiger partial charge in [-0.3, -0.25) is 9.79 Å². The van der Waals surface area contributed by atoms with Crippen molar-refractivity contribution < 1.29 is 9.53 Å². The van der Waals surface area contributed by atoms with Gasteiger partial charge in [-0.2, -0.15) is 0 Å². The van der Waals surface area contributed by atoms with Crippen LogP contribution >= 0.6 is 0 Å². The number of ether oxygens (including phenoxy) is 1. The zero-order chi connectivity index (χ0) is 19.1. The van der Waals surface area contributed by atoms with Gasteiger partial charge in [0.05, 0.1) is 6.10 Å². The van der Waals surface area contributed by atoms with E-state index >= 15 is 0 Å². The van der Waals surface area contributed by atoms with E-state index in [0.717, 1.165) is 57.9 Å². The van der Waals surface area contributed by atoms with Crippen molar-refractivity contribution in [3.05, 3.63) is 0 Å². The summed E-state index contributed by atoms with van der Waals surface area (Å²) in [6.07, 6.45) is 11.2. The van der Waals surface area contributed by atoms with Crippen LogP contribution in [0.3, 0.4) is 0 Å². The number of carbonyl (C=O) groups excluding carboxylic acids is 1. The second-order valence-electron chi connectivity index (χ2n) is 9.65. The lowest BCUT2D eigenvalue weighted by Crippen LogP contribution is -2.69. The number of likely N-dealkylation sites (tertiary alicyclic amines) is 1. The zero-order valence-electron chi connectivity index (χ0n) is 17.3. The molecule has 0 radical (unpaired) electrons. The number of hydrogen-bond donors (Lipinski definition) is 2. The number of fused-ring (bicyclic) bond motifs is 2. The number of guanidine groups is 1. The van der Waals surface area contributed by atoms with Crippen LogP contribution in [-0.4, -0.2) is 61.2 Å². The van der Waals surface area contributed by atoms with Crippen molar-refractivity contribution in [1.29, 1.82) is 0 Å². The summed E-state index contributed by atoms with van der Waals surface area (Å²) in [4.78, 5) is 19.1. The van der Waals surface area contributed by atoms with Crippen LogP contribution in [0, 0.1) is 17.3 Å². The zero-order valence-corrected chi connectivity index (χ0v) is 17.3. The molecule has 2 N–H and O–H groups in total. The first-order valence-electron chi connectivity index (χ1n) is 11.7. The minimum Gasteiger partial charge on any atom is -0.377 e. The summed E-state index contributed by atoms with van der Waals surface area (Å²) >= 11 is 0. The molecular weight excluding hydrogens is 352 g/mol. The van der Waals surface area contributed by atoms with Crippen LogP contribution in [-0.2, 0) is 9.53 Å². The molecule has 0 aromatic heterocycles. The summed E-state index contributed by atoms with van der Waals surface area (Å²) in [7, 11) is 0. The van der Waals surface area contributed by atoms with Crippen molar-refractivity contribution in [2.75, 3.05) is 26.2 Å². The molecule has 3 saturated carbocycles. The SMILES string of the molecule is CCN=C(NC1CCN(C(=O)C2CC2)CC1)NC1C2CCOC2C12CCCC2. The van der Waals surface area contributed by atoms with Crippen molar-refractivity contribution in [2.24, 2.45) is 22.2 Å². The summed E-state index contributed by atoms with van der Waals surface area (Å²) < 4.78 is 6.13. The molecule has 0 bridgehead atoms. The van der Waals surface area contributed by atoms with Crippen molar-refractivity contribution in [1.82, 2.24) is 15.5 Å². The molecule has 1 amide bonds. The topological polar surface area (TPSA) is 66.0 Å². The van der Waals surface area contributed by atoms with Crippen LogP contribution in [0.1, 0.15) is 64.7 Å².